The lowest BCUT2D eigenvalue weighted by atomic mass is 10.0. The Balaban J connectivity index is 3.39. The number of amides is 1. The molecule has 0 aliphatic rings. The molecule has 78 heavy (non-hydrogen) atoms. The van der Waals surface area contributed by atoms with E-state index in [1.165, 1.54) is 302 Å². The van der Waals surface area contributed by atoms with Crippen LogP contribution in [0.3, 0.4) is 0 Å². The van der Waals surface area contributed by atoms with E-state index in [0.717, 1.165) is 51.4 Å². The van der Waals surface area contributed by atoms with E-state index in [9.17, 15) is 19.8 Å². The van der Waals surface area contributed by atoms with Crippen LogP contribution in [-0.4, -0.2) is 47.4 Å². The number of esters is 1. The van der Waals surface area contributed by atoms with Gasteiger partial charge in [0.25, 0.3) is 0 Å². The molecule has 6 nitrogen and oxygen atoms in total. The Morgan fingerprint density at radius 2 is 0.641 bits per heavy atom. The van der Waals surface area contributed by atoms with Crippen LogP contribution in [0.4, 0.5) is 0 Å². The maximum Gasteiger partial charge on any atom is 0.305 e. The number of hydrogen-bond donors (Lipinski definition) is 3. The Morgan fingerprint density at radius 1 is 0.359 bits per heavy atom. The summed E-state index contributed by atoms with van der Waals surface area (Å²) in [6.45, 7) is 4.96. The van der Waals surface area contributed by atoms with Crippen LogP contribution in [0.15, 0.2) is 36.5 Å². The molecule has 0 saturated carbocycles. The number of ether oxygens (including phenoxy) is 1. The van der Waals surface area contributed by atoms with E-state index in [2.05, 4.69) is 55.6 Å². The van der Waals surface area contributed by atoms with E-state index in [-0.39, 0.29) is 18.5 Å². The molecule has 0 aliphatic heterocycles. The summed E-state index contributed by atoms with van der Waals surface area (Å²) in [5.41, 5.74) is 0. The van der Waals surface area contributed by atoms with Gasteiger partial charge in [0, 0.05) is 12.8 Å². The maximum atomic E-state index is 12.5. The fourth-order valence-electron chi connectivity index (χ4n) is 11.0. The highest BCUT2D eigenvalue weighted by molar-refractivity contribution is 5.76. The van der Waals surface area contributed by atoms with Gasteiger partial charge in [-0.3, -0.25) is 9.59 Å². The van der Waals surface area contributed by atoms with Crippen molar-refractivity contribution in [3.63, 3.8) is 0 Å². The van der Waals surface area contributed by atoms with Crippen LogP contribution in [0.2, 0.25) is 0 Å². The van der Waals surface area contributed by atoms with Crippen molar-refractivity contribution >= 4 is 11.9 Å². The second-order valence-electron chi connectivity index (χ2n) is 24.2. The molecule has 0 aromatic heterocycles. The molecule has 0 heterocycles. The topological polar surface area (TPSA) is 95.9 Å². The average Bonchev–Trinajstić information content (AvgIpc) is 3.44. The average molecular weight is 1100 g/mol. The Labute approximate surface area is 487 Å². The van der Waals surface area contributed by atoms with E-state index in [1.54, 1.807) is 0 Å². The molecule has 2 atom stereocenters. The summed E-state index contributed by atoms with van der Waals surface area (Å²) in [5.74, 6) is -0.0283. The highest BCUT2D eigenvalue weighted by Crippen LogP contribution is 2.18. The molecule has 0 aromatic rings. The van der Waals surface area contributed by atoms with Gasteiger partial charge in [0.2, 0.25) is 5.91 Å². The first-order valence-corrected chi connectivity index (χ1v) is 35.2. The molecule has 3 N–H and O–H groups in total. The van der Waals surface area contributed by atoms with Crippen LogP contribution in [0.5, 0.6) is 0 Å². The van der Waals surface area contributed by atoms with E-state index < -0.39 is 12.1 Å². The SMILES string of the molecule is CCCCCC/C=C\C/C=C\CCCCCCCCCC(=O)OCCCCCCCCCCCCCC/C=C\CCCCCCCCCCCC(=O)NC(CO)C(O)CCCCCCCCCCCCCCCCCCCC. The van der Waals surface area contributed by atoms with Gasteiger partial charge >= 0.3 is 5.97 Å². The van der Waals surface area contributed by atoms with Crippen molar-refractivity contribution in [1.82, 2.24) is 5.32 Å². The summed E-state index contributed by atoms with van der Waals surface area (Å²) in [4.78, 5) is 24.6. The number of unbranched alkanes of at least 4 members (excludes halogenated alkanes) is 49. The number of carbonyl (C=O) groups is 2. The largest absolute Gasteiger partial charge is 0.466 e. The Hall–Kier alpha value is -1.92. The van der Waals surface area contributed by atoms with E-state index in [4.69, 9.17) is 4.74 Å². The lowest BCUT2D eigenvalue weighted by Crippen LogP contribution is -2.45. The van der Waals surface area contributed by atoms with Crippen LogP contribution in [0.1, 0.15) is 386 Å². The lowest BCUT2D eigenvalue weighted by molar-refractivity contribution is -0.143. The third-order valence-electron chi connectivity index (χ3n) is 16.4. The van der Waals surface area contributed by atoms with Gasteiger partial charge in [-0.25, -0.2) is 0 Å². The number of aliphatic hydroxyl groups is 2. The fraction of sp³-hybridized carbons (Fsp3) is 0.889. The molecule has 0 radical (unpaired) electrons. The molecule has 0 saturated heterocycles. The number of nitrogens with one attached hydrogen (secondary N) is 1. The van der Waals surface area contributed by atoms with Crippen LogP contribution < -0.4 is 5.32 Å². The van der Waals surface area contributed by atoms with E-state index in [0.29, 0.717) is 25.9 Å². The Kier molecular flexibility index (Phi) is 65.9. The predicted molar refractivity (Wildman–Crippen MR) is 343 cm³/mol. The maximum absolute atomic E-state index is 12.5. The summed E-state index contributed by atoms with van der Waals surface area (Å²) in [5, 5.41) is 23.4. The molecule has 0 bridgehead atoms. The van der Waals surface area contributed by atoms with Crippen LogP contribution in [-0.2, 0) is 14.3 Å². The number of hydrogen-bond acceptors (Lipinski definition) is 5. The van der Waals surface area contributed by atoms with Crippen molar-refractivity contribution in [2.45, 2.75) is 398 Å². The minimum atomic E-state index is -0.667. The summed E-state index contributed by atoms with van der Waals surface area (Å²) in [7, 11) is 0. The summed E-state index contributed by atoms with van der Waals surface area (Å²) in [6, 6.07) is -0.545. The molecule has 2 unspecified atom stereocenters. The highest BCUT2D eigenvalue weighted by Gasteiger charge is 2.20. The number of aliphatic hydroxyl groups excluding tert-OH is 2. The smallest absolute Gasteiger partial charge is 0.305 e. The van der Waals surface area contributed by atoms with Gasteiger partial charge in [0.1, 0.15) is 0 Å². The summed E-state index contributed by atoms with van der Waals surface area (Å²) >= 11 is 0. The Bertz CT molecular complexity index is 1260. The van der Waals surface area contributed by atoms with Crippen LogP contribution in [0.25, 0.3) is 0 Å². The first kappa shape index (κ1) is 76.1. The monoisotopic (exact) mass is 1100 g/mol. The van der Waals surface area contributed by atoms with Gasteiger partial charge in [-0.1, -0.05) is 326 Å². The minimum Gasteiger partial charge on any atom is -0.466 e. The van der Waals surface area contributed by atoms with Gasteiger partial charge < -0.3 is 20.3 Å². The summed E-state index contributed by atoms with van der Waals surface area (Å²) < 4.78 is 5.50. The molecular formula is C72H137NO5. The third kappa shape index (κ3) is 63.3. The van der Waals surface area contributed by atoms with Crippen molar-refractivity contribution in [3.8, 4) is 0 Å². The summed E-state index contributed by atoms with van der Waals surface area (Å²) in [6.07, 6.45) is 86.1. The van der Waals surface area contributed by atoms with Crippen molar-refractivity contribution in [3.05, 3.63) is 36.5 Å². The second kappa shape index (κ2) is 67.6. The predicted octanol–water partition coefficient (Wildman–Crippen LogP) is 22.7. The van der Waals surface area contributed by atoms with Gasteiger partial charge in [-0.05, 0) is 83.5 Å². The fourth-order valence-corrected chi connectivity index (χ4v) is 11.0. The van der Waals surface area contributed by atoms with E-state index >= 15 is 0 Å². The van der Waals surface area contributed by atoms with Crippen molar-refractivity contribution in [2.75, 3.05) is 13.2 Å². The molecule has 460 valence electrons. The Morgan fingerprint density at radius 3 is 1.00 bits per heavy atom. The standard InChI is InChI=1S/C72H137NO5/c1-3-5-7-9-11-13-15-17-19-21-32-36-40-44-48-52-56-60-64-70(75)69(68-74)73-71(76)65-61-57-53-49-45-41-37-33-30-28-26-24-23-25-27-29-31-35-39-43-47-51-55-59-63-67-78-72(77)66-62-58-54-50-46-42-38-34-22-20-18-16-14-12-10-8-6-4-2/h14,16,20,22,24,26,69-70,74-75H,3-13,15,17-19,21,23,25,27-68H2,1-2H3,(H,73,76)/b16-14-,22-20-,26-24-. The molecule has 0 aliphatic carbocycles. The second-order valence-corrected chi connectivity index (χ2v) is 24.2. The molecule has 0 rings (SSSR count). The molecule has 0 aromatic carbocycles. The van der Waals surface area contributed by atoms with Gasteiger partial charge in [0.15, 0.2) is 0 Å². The van der Waals surface area contributed by atoms with Gasteiger partial charge in [-0.2, -0.15) is 0 Å². The van der Waals surface area contributed by atoms with E-state index in [1.807, 2.05) is 0 Å². The first-order chi connectivity index (χ1) is 38.5. The molecular weight excluding hydrogens is 959 g/mol. The van der Waals surface area contributed by atoms with Crippen molar-refractivity contribution in [1.29, 1.82) is 0 Å². The normalized spacial score (nSPS) is 12.7. The van der Waals surface area contributed by atoms with Gasteiger partial charge in [-0.15, -0.1) is 0 Å². The quantitative estimate of drug-likeness (QED) is 0.0320. The number of rotatable bonds is 66. The zero-order valence-electron chi connectivity index (χ0n) is 52.7. The van der Waals surface area contributed by atoms with Crippen molar-refractivity contribution in [2.24, 2.45) is 0 Å². The molecule has 0 spiro atoms. The number of carbonyl (C=O) groups excluding carboxylic acids is 2. The van der Waals surface area contributed by atoms with Crippen molar-refractivity contribution < 1.29 is 24.5 Å². The zero-order valence-corrected chi connectivity index (χ0v) is 52.7. The molecule has 1 amide bonds. The van der Waals surface area contributed by atoms with Crippen LogP contribution in [0, 0.1) is 0 Å². The minimum absolute atomic E-state index is 0.00668. The molecule has 6 heteroatoms. The number of allylic oxidation sites excluding steroid dienone is 6. The zero-order chi connectivity index (χ0) is 56.4. The highest BCUT2D eigenvalue weighted by atomic mass is 16.5. The third-order valence-corrected chi connectivity index (χ3v) is 16.4. The van der Waals surface area contributed by atoms with Gasteiger partial charge in [0.05, 0.1) is 25.4 Å². The van der Waals surface area contributed by atoms with Crippen LogP contribution >= 0.6 is 0 Å². The first-order valence-electron chi connectivity index (χ1n) is 35.2. The lowest BCUT2D eigenvalue weighted by Gasteiger charge is -2.22. The molecule has 0 fully saturated rings.